The molecule has 2 aliphatic heterocycles. The molecule has 33 heavy (non-hydrogen) atoms. The van der Waals surface area contributed by atoms with Crippen LogP contribution in [-0.4, -0.2) is 77.7 Å². The summed E-state index contributed by atoms with van der Waals surface area (Å²) in [7, 11) is 0. The van der Waals surface area contributed by atoms with Gasteiger partial charge < -0.3 is 29.0 Å². The molecule has 4 heterocycles. The topological polar surface area (TPSA) is 114 Å². The van der Waals surface area contributed by atoms with Crippen LogP contribution in [0.2, 0.25) is 0 Å². The van der Waals surface area contributed by atoms with Crippen LogP contribution in [0.4, 0.5) is 5.13 Å². The highest BCUT2D eigenvalue weighted by molar-refractivity contribution is 7.13. The summed E-state index contributed by atoms with van der Waals surface area (Å²) < 4.78 is 16.6. The fourth-order valence-corrected chi connectivity index (χ4v) is 4.73. The molecule has 0 unspecified atom stereocenters. The molecule has 2 saturated heterocycles. The molecule has 11 heteroatoms. The van der Waals surface area contributed by atoms with E-state index in [1.165, 1.54) is 22.5 Å². The fraction of sp³-hybridized carbons (Fsp3) is 0.545. The second kappa shape index (κ2) is 10.4. The Hall–Kier alpha value is -2.76. The Kier molecular flexibility index (Phi) is 7.41. The van der Waals surface area contributed by atoms with Gasteiger partial charge in [0.25, 0.3) is 5.91 Å². The molecule has 1 spiro atoms. The van der Waals surface area contributed by atoms with Crippen LogP contribution in [0.5, 0.6) is 0 Å². The molecule has 2 aliphatic rings. The first-order chi connectivity index (χ1) is 16.0. The molecular formula is C22H28N4O6S. The standard InChI is InChI=1S/C22H28N4O6S/c1-2-7-26(20(29)17-4-3-10-30-17)14-18(27)24-21-23-16(15-33-21)13-19(28)25-8-5-22(6-9-25)31-11-12-32-22/h3-4,10,15H,2,5-9,11-14H2,1H3,(H,23,24,27). The Bertz CT molecular complexity index is 959. The zero-order valence-corrected chi connectivity index (χ0v) is 19.4. The van der Waals surface area contributed by atoms with Gasteiger partial charge in [0, 0.05) is 37.9 Å². The molecule has 0 atom stereocenters. The van der Waals surface area contributed by atoms with Gasteiger partial charge in [-0.2, -0.15) is 0 Å². The summed E-state index contributed by atoms with van der Waals surface area (Å²) in [6, 6.07) is 3.21. The van der Waals surface area contributed by atoms with Gasteiger partial charge in [-0.3, -0.25) is 14.4 Å². The first-order valence-corrected chi connectivity index (χ1v) is 12.0. The van der Waals surface area contributed by atoms with Gasteiger partial charge in [-0.15, -0.1) is 11.3 Å². The Morgan fingerprint density at radius 1 is 1.24 bits per heavy atom. The van der Waals surface area contributed by atoms with Gasteiger partial charge in [0.1, 0.15) is 6.54 Å². The maximum atomic E-state index is 12.7. The smallest absolute Gasteiger partial charge is 0.290 e. The van der Waals surface area contributed by atoms with Gasteiger partial charge >= 0.3 is 0 Å². The minimum absolute atomic E-state index is 0.0100. The highest BCUT2D eigenvalue weighted by atomic mass is 32.1. The van der Waals surface area contributed by atoms with Crippen LogP contribution in [0.15, 0.2) is 28.2 Å². The highest BCUT2D eigenvalue weighted by Crippen LogP contribution is 2.31. The first kappa shape index (κ1) is 23.4. The third-order valence-electron chi connectivity index (χ3n) is 5.67. The number of amides is 3. The lowest BCUT2D eigenvalue weighted by atomic mass is 10.0. The number of carbonyl (C=O) groups is 3. The third-order valence-corrected chi connectivity index (χ3v) is 6.48. The number of aromatic nitrogens is 1. The number of nitrogens with zero attached hydrogens (tertiary/aromatic N) is 3. The number of carbonyl (C=O) groups excluding carboxylic acids is 3. The van der Waals surface area contributed by atoms with Crippen molar-refractivity contribution in [3.8, 4) is 0 Å². The van der Waals surface area contributed by atoms with Crippen LogP contribution >= 0.6 is 11.3 Å². The summed E-state index contributed by atoms with van der Waals surface area (Å²) >= 11 is 1.25. The van der Waals surface area contributed by atoms with Crippen LogP contribution in [-0.2, 0) is 25.5 Å². The number of anilines is 1. The van der Waals surface area contributed by atoms with E-state index in [1.807, 2.05) is 6.92 Å². The van der Waals surface area contributed by atoms with Gasteiger partial charge in [-0.25, -0.2) is 4.98 Å². The lowest BCUT2D eigenvalue weighted by Gasteiger charge is -2.37. The van der Waals surface area contributed by atoms with E-state index < -0.39 is 5.79 Å². The van der Waals surface area contributed by atoms with Crippen LogP contribution in [0.3, 0.4) is 0 Å². The van der Waals surface area contributed by atoms with Crippen molar-refractivity contribution in [2.24, 2.45) is 0 Å². The number of nitrogens with one attached hydrogen (secondary N) is 1. The van der Waals surface area contributed by atoms with E-state index in [0.717, 1.165) is 0 Å². The zero-order valence-electron chi connectivity index (χ0n) is 18.6. The predicted molar refractivity (Wildman–Crippen MR) is 120 cm³/mol. The van der Waals surface area contributed by atoms with E-state index in [-0.39, 0.29) is 36.4 Å². The summed E-state index contributed by atoms with van der Waals surface area (Å²) in [5, 5.41) is 4.89. The molecule has 0 radical (unpaired) electrons. The van der Waals surface area contributed by atoms with E-state index in [1.54, 1.807) is 22.4 Å². The number of furan rings is 1. The van der Waals surface area contributed by atoms with Crippen molar-refractivity contribution < 1.29 is 28.3 Å². The summed E-state index contributed by atoms with van der Waals surface area (Å²) in [6.45, 7) is 4.63. The quantitative estimate of drug-likeness (QED) is 0.621. The number of ether oxygens (including phenoxy) is 2. The van der Waals surface area contributed by atoms with Gasteiger partial charge in [0.2, 0.25) is 11.8 Å². The lowest BCUT2D eigenvalue weighted by Crippen LogP contribution is -2.47. The van der Waals surface area contributed by atoms with Crippen molar-refractivity contribution in [1.82, 2.24) is 14.8 Å². The summed E-state index contributed by atoms with van der Waals surface area (Å²) in [5.74, 6) is -1.02. The molecule has 4 rings (SSSR count). The molecule has 0 aromatic carbocycles. The Labute approximate surface area is 195 Å². The summed E-state index contributed by atoms with van der Waals surface area (Å²) in [5.41, 5.74) is 0.603. The van der Waals surface area contributed by atoms with Crippen LogP contribution < -0.4 is 5.32 Å². The van der Waals surface area contributed by atoms with Crippen molar-refractivity contribution in [2.75, 3.05) is 44.7 Å². The minimum Gasteiger partial charge on any atom is -0.459 e. The molecule has 3 amide bonds. The zero-order chi connectivity index (χ0) is 23.3. The Morgan fingerprint density at radius 2 is 2.00 bits per heavy atom. The second-order valence-electron chi connectivity index (χ2n) is 8.06. The Morgan fingerprint density at radius 3 is 2.67 bits per heavy atom. The molecule has 0 saturated carbocycles. The number of likely N-dealkylation sites (tertiary alicyclic amines) is 1. The van der Waals surface area contributed by atoms with Crippen molar-refractivity contribution >= 4 is 34.2 Å². The fourth-order valence-electron chi connectivity index (χ4n) is 4.01. The van der Waals surface area contributed by atoms with Gasteiger partial charge in [-0.1, -0.05) is 6.92 Å². The van der Waals surface area contributed by atoms with Gasteiger partial charge in [0.05, 0.1) is 31.6 Å². The second-order valence-corrected chi connectivity index (χ2v) is 8.92. The lowest BCUT2D eigenvalue weighted by molar-refractivity contribution is -0.187. The van der Waals surface area contributed by atoms with E-state index in [9.17, 15) is 14.4 Å². The molecule has 10 nitrogen and oxygen atoms in total. The molecule has 0 aliphatic carbocycles. The number of hydrogen-bond donors (Lipinski definition) is 1. The number of piperidine rings is 1. The molecular weight excluding hydrogens is 448 g/mol. The molecule has 178 valence electrons. The van der Waals surface area contributed by atoms with E-state index in [4.69, 9.17) is 13.9 Å². The number of rotatable bonds is 8. The summed E-state index contributed by atoms with van der Waals surface area (Å²) in [4.78, 5) is 45.3. The van der Waals surface area contributed by atoms with E-state index >= 15 is 0 Å². The number of thiazole rings is 1. The van der Waals surface area contributed by atoms with Crippen molar-refractivity contribution in [3.05, 3.63) is 35.2 Å². The highest BCUT2D eigenvalue weighted by Gasteiger charge is 2.40. The normalized spacial score (nSPS) is 17.3. The largest absolute Gasteiger partial charge is 0.459 e. The minimum atomic E-state index is -0.515. The maximum absolute atomic E-state index is 12.7. The van der Waals surface area contributed by atoms with Crippen molar-refractivity contribution in [1.29, 1.82) is 0 Å². The Balaban J connectivity index is 1.26. The molecule has 2 aromatic heterocycles. The van der Waals surface area contributed by atoms with Crippen molar-refractivity contribution in [2.45, 2.75) is 38.4 Å². The molecule has 0 bridgehead atoms. The monoisotopic (exact) mass is 476 g/mol. The average molecular weight is 477 g/mol. The van der Waals surface area contributed by atoms with E-state index in [0.29, 0.717) is 62.9 Å². The first-order valence-electron chi connectivity index (χ1n) is 11.1. The maximum Gasteiger partial charge on any atom is 0.290 e. The van der Waals surface area contributed by atoms with Crippen LogP contribution in [0.25, 0.3) is 0 Å². The SMILES string of the molecule is CCCN(CC(=O)Nc1nc(CC(=O)N2CCC3(CC2)OCCO3)cs1)C(=O)c1ccco1. The van der Waals surface area contributed by atoms with Gasteiger partial charge in [0.15, 0.2) is 16.7 Å². The summed E-state index contributed by atoms with van der Waals surface area (Å²) in [6.07, 6.45) is 3.64. The predicted octanol–water partition coefficient (Wildman–Crippen LogP) is 2.13. The molecule has 2 aromatic rings. The van der Waals surface area contributed by atoms with Crippen molar-refractivity contribution in [3.63, 3.8) is 0 Å². The number of hydrogen-bond acceptors (Lipinski definition) is 8. The molecule has 1 N–H and O–H groups in total. The van der Waals surface area contributed by atoms with Crippen LogP contribution in [0, 0.1) is 0 Å². The average Bonchev–Trinajstić information content (AvgIpc) is 3.57. The van der Waals surface area contributed by atoms with Gasteiger partial charge in [-0.05, 0) is 18.6 Å². The third kappa shape index (κ3) is 5.79. The van der Waals surface area contributed by atoms with E-state index in [2.05, 4.69) is 10.3 Å². The molecule has 2 fully saturated rings. The van der Waals surface area contributed by atoms with Crippen LogP contribution in [0.1, 0.15) is 42.4 Å².